The van der Waals surface area contributed by atoms with Crippen LogP contribution in [0.15, 0.2) is 18.2 Å². The maximum absolute atomic E-state index is 11.3. The molecule has 0 amide bonds. The smallest absolute Gasteiger partial charge is 0.333 e. The summed E-state index contributed by atoms with van der Waals surface area (Å²) in [5.74, 6) is 1.63. The summed E-state index contributed by atoms with van der Waals surface area (Å²) in [4.78, 5) is 10.9. The molecular formula is C15H22N2O3. The maximum atomic E-state index is 11.3. The first-order chi connectivity index (χ1) is 9.63. The second-order valence-corrected chi connectivity index (χ2v) is 5.39. The second-order valence-electron chi connectivity index (χ2n) is 5.39. The molecule has 2 unspecified atom stereocenters. The predicted octanol–water partition coefficient (Wildman–Crippen LogP) is 3.84. The van der Waals surface area contributed by atoms with E-state index in [9.17, 15) is 10.1 Å². The van der Waals surface area contributed by atoms with E-state index in [4.69, 9.17) is 4.74 Å². The van der Waals surface area contributed by atoms with E-state index in [0.717, 1.165) is 6.54 Å². The highest BCUT2D eigenvalue weighted by Gasteiger charge is 2.25. The minimum atomic E-state index is -0.370. The van der Waals surface area contributed by atoms with Crippen LogP contribution in [0.2, 0.25) is 0 Å². The Labute approximate surface area is 119 Å². The van der Waals surface area contributed by atoms with Crippen molar-refractivity contribution < 1.29 is 9.66 Å². The van der Waals surface area contributed by atoms with Gasteiger partial charge in [-0.25, -0.2) is 0 Å². The van der Waals surface area contributed by atoms with Gasteiger partial charge in [-0.05, 0) is 37.3 Å². The largest absolute Gasteiger partial charge is 0.487 e. The molecule has 0 aromatic heterocycles. The lowest BCUT2D eigenvalue weighted by Gasteiger charge is -2.17. The summed E-state index contributed by atoms with van der Waals surface area (Å²) < 4.78 is 5.35. The van der Waals surface area contributed by atoms with E-state index in [1.54, 1.807) is 18.2 Å². The van der Waals surface area contributed by atoms with Crippen molar-refractivity contribution in [3.8, 4) is 5.75 Å². The number of ether oxygens (including phenoxy) is 1. The number of rotatable bonds is 6. The molecule has 1 aliphatic carbocycles. The molecule has 5 heteroatoms. The lowest BCUT2D eigenvalue weighted by atomic mass is 9.98. The Balaban J connectivity index is 2.13. The number of nitrogens with one attached hydrogen (secondary N) is 1. The van der Waals surface area contributed by atoms with Gasteiger partial charge in [0.05, 0.1) is 11.5 Å². The first-order valence-corrected chi connectivity index (χ1v) is 7.27. The third-order valence-electron chi connectivity index (χ3n) is 4.08. The fourth-order valence-electron chi connectivity index (χ4n) is 2.89. The molecule has 0 radical (unpaired) electrons. The minimum absolute atomic E-state index is 0.0417. The van der Waals surface area contributed by atoms with Crippen molar-refractivity contribution in [1.82, 2.24) is 0 Å². The molecule has 2 atom stereocenters. The summed E-state index contributed by atoms with van der Waals surface area (Å²) in [6.07, 6.45) is 3.72. The van der Waals surface area contributed by atoms with Crippen molar-refractivity contribution in [2.45, 2.75) is 33.1 Å². The van der Waals surface area contributed by atoms with Gasteiger partial charge < -0.3 is 10.1 Å². The molecule has 1 aromatic rings. The van der Waals surface area contributed by atoms with Crippen LogP contribution in [0, 0.1) is 22.0 Å². The number of nitro benzene ring substituents is 1. The number of hydrogen-bond donors (Lipinski definition) is 1. The molecule has 1 N–H and O–H groups in total. The summed E-state index contributed by atoms with van der Waals surface area (Å²) in [5.41, 5.74) is 0.597. The monoisotopic (exact) mass is 278 g/mol. The zero-order valence-corrected chi connectivity index (χ0v) is 12.1. The molecule has 1 aromatic carbocycles. The van der Waals surface area contributed by atoms with Crippen LogP contribution in [0.25, 0.3) is 0 Å². The van der Waals surface area contributed by atoms with Gasteiger partial charge in [-0.2, -0.15) is 0 Å². The van der Waals surface area contributed by atoms with Crippen LogP contribution in [-0.2, 0) is 0 Å². The van der Waals surface area contributed by atoms with Crippen LogP contribution in [0.3, 0.4) is 0 Å². The Hall–Kier alpha value is -1.78. The fourth-order valence-corrected chi connectivity index (χ4v) is 2.89. The van der Waals surface area contributed by atoms with E-state index in [0.29, 0.717) is 29.9 Å². The Kier molecular flexibility index (Phi) is 4.82. The Bertz CT molecular complexity index is 476. The van der Waals surface area contributed by atoms with Gasteiger partial charge in [0.25, 0.3) is 0 Å². The summed E-state index contributed by atoms with van der Waals surface area (Å²) in [6, 6.07) is 5.18. The molecule has 0 spiro atoms. The van der Waals surface area contributed by atoms with Gasteiger partial charge in [0.2, 0.25) is 0 Å². The minimum Gasteiger partial charge on any atom is -0.487 e. The Morgan fingerprint density at radius 1 is 1.45 bits per heavy atom. The van der Waals surface area contributed by atoms with E-state index in [1.165, 1.54) is 19.3 Å². The highest BCUT2D eigenvalue weighted by molar-refractivity contribution is 5.68. The molecule has 5 nitrogen and oxygen atoms in total. The first-order valence-electron chi connectivity index (χ1n) is 7.27. The normalized spacial score (nSPS) is 21.7. The van der Waals surface area contributed by atoms with E-state index in [2.05, 4.69) is 12.2 Å². The lowest BCUT2D eigenvalue weighted by Crippen LogP contribution is -2.17. The van der Waals surface area contributed by atoms with E-state index in [1.807, 2.05) is 6.92 Å². The summed E-state index contributed by atoms with van der Waals surface area (Å²) in [6.45, 7) is 5.29. The van der Waals surface area contributed by atoms with Gasteiger partial charge in [0, 0.05) is 6.54 Å². The molecule has 2 rings (SSSR count). The summed E-state index contributed by atoms with van der Waals surface area (Å²) in [5, 5.41) is 14.5. The fraction of sp³-hybridized carbons (Fsp3) is 0.600. The van der Waals surface area contributed by atoms with E-state index >= 15 is 0 Å². The Morgan fingerprint density at radius 2 is 2.25 bits per heavy atom. The topological polar surface area (TPSA) is 64.4 Å². The highest BCUT2D eigenvalue weighted by atomic mass is 16.6. The third kappa shape index (κ3) is 3.21. The van der Waals surface area contributed by atoms with Gasteiger partial charge in [-0.1, -0.05) is 25.8 Å². The number of benzene rings is 1. The molecule has 0 bridgehead atoms. The summed E-state index contributed by atoms with van der Waals surface area (Å²) in [7, 11) is 0. The third-order valence-corrected chi connectivity index (χ3v) is 4.08. The van der Waals surface area contributed by atoms with Crippen molar-refractivity contribution >= 4 is 11.4 Å². The molecule has 20 heavy (non-hydrogen) atoms. The molecular weight excluding hydrogens is 256 g/mol. The molecule has 0 aliphatic heterocycles. The molecule has 0 heterocycles. The quantitative estimate of drug-likeness (QED) is 0.634. The molecule has 110 valence electrons. The van der Waals surface area contributed by atoms with Crippen molar-refractivity contribution in [1.29, 1.82) is 0 Å². The SMILES string of the molecule is CCOc1cccc(NCC2CCCC2C)c1[N+](=O)[O-]. The van der Waals surface area contributed by atoms with E-state index in [-0.39, 0.29) is 10.6 Å². The van der Waals surface area contributed by atoms with Crippen LogP contribution < -0.4 is 10.1 Å². The first kappa shape index (κ1) is 14.6. The van der Waals surface area contributed by atoms with Gasteiger partial charge >= 0.3 is 5.69 Å². The standard InChI is InChI=1S/C15H22N2O3/c1-3-20-14-9-5-8-13(15(14)17(18)19)16-10-12-7-4-6-11(12)2/h5,8-9,11-12,16H,3-4,6-7,10H2,1-2H3. The average Bonchev–Trinajstić information content (AvgIpc) is 2.82. The van der Waals surface area contributed by atoms with Crippen LogP contribution >= 0.6 is 0 Å². The Morgan fingerprint density at radius 3 is 2.85 bits per heavy atom. The van der Waals surface area contributed by atoms with Gasteiger partial charge in [0.1, 0.15) is 5.69 Å². The van der Waals surface area contributed by atoms with Crippen molar-refractivity contribution in [2.24, 2.45) is 11.8 Å². The predicted molar refractivity (Wildman–Crippen MR) is 79.3 cm³/mol. The van der Waals surface area contributed by atoms with Crippen LogP contribution in [0.5, 0.6) is 5.75 Å². The zero-order valence-electron chi connectivity index (χ0n) is 12.1. The van der Waals surface area contributed by atoms with Crippen LogP contribution in [0.4, 0.5) is 11.4 Å². The zero-order chi connectivity index (χ0) is 14.5. The highest BCUT2D eigenvalue weighted by Crippen LogP contribution is 2.36. The van der Waals surface area contributed by atoms with Crippen molar-refractivity contribution in [2.75, 3.05) is 18.5 Å². The maximum Gasteiger partial charge on any atom is 0.333 e. The molecule has 1 saturated carbocycles. The summed E-state index contributed by atoms with van der Waals surface area (Å²) >= 11 is 0. The van der Waals surface area contributed by atoms with Crippen LogP contribution in [0.1, 0.15) is 33.1 Å². The van der Waals surface area contributed by atoms with Crippen LogP contribution in [-0.4, -0.2) is 18.1 Å². The number of hydrogen-bond acceptors (Lipinski definition) is 4. The lowest BCUT2D eigenvalue weighted by molar-refractivity contribution is -0.384. The number of anilines is 1. The van der Waals surface area contributed by atoms with Crippen molar-refractivity contribution in [3.63, 3.8) is 0 Å². The van der Waals surface area contributed by atoms with Crippen molar-refractivity contribution in [3.05, 3.63) is 28.3 Å². The number of nitrogens with zero attached hydrogens (tertiary/aromatic N) is 1. The second kappa shape index (κ2) is 6.59. The number of nitro groups is 1. The van der Waals surface area contributed by atoms with E-state index < -0.39 is 0 Å². The molecule has 1 aliphatic rings. The van der Waals surface area contributed by atoms with Gasteiger partial charge in [0.15, 0.2) is 5.75 Å². The molecule has 0 saturated heterocycles. The van der Waals surface area contributed by atoms with Gasteiger partial charge in [-0.15, -0.1) is 0 Å². The van der Waals surface area contributed by atoms with Gasteiger partial charge in [-0.3, -0.25) is 10.1 Å². The number of para-hydroxylation sites is 1. The molecule has 1 fully saturated rings. The average molecular weight is 278 g/mol.